The molecular formula is C14H23N5. The number of nitrogens with zero attached hydrogens (tertiary/aromatic N) is 3. The van der Waals surface area contributed by atoms with Crippen LogP contribution in [-0.2, 0) is 0 Å². The Morgan fingerprint density at radius 1 is 1.21 bits per heavy atom. The molecule has 3 rings (SSSR count). The Hall–Kier alpha value is -1.20. The molecule has 0 spiro atoms. The lowest BCUT2D eigenvalue weighted by molar-refractivity contribution is 0.255. The molecule has 3 heterocycles. The van der Waals surface area contributed by atoms with Gasteiger partial charge in [-0.25, -0.2) is 9.97 Å². The van der Waals surface area contributed by atoms with Gasteiger partial charge in [0.25, 0.3) is 0 Å². The van der Waals surface area contributed by atoms with Crippen LogP contribution in [0.1, 0.15) is 30.7 Å². The highest BCUT2D eigenvalue weighted by molar-refractivity contribution is 5.28. The average molecular weight is 261 g/mol. The first-order chi connectivity index (χ1) is 9.31. The molecule has 2 N–H and O–H groups in total. The summed E-state index contributed by atoms with van der Waals surface area (Å²) >= 11 is 0. The topological polar surface area (TPSA) is 53.1 Å². The van der Waals surface area contributed by atoms with Crippen LogP contribution in [0.15, 0.2) is 12.4 Å². The van der Waals surface area contributed by atoms with Crippen molar-refractivity contribution in [1.29, 1.82) is 0 Å². The number of likely N-dealkylation sites (tertiary alicyclic amines) is 1. The largest absolute Gasteiger partial charge is 0.350 e. The maximum absolute atomic E-state index is 4.47. The lowest BCUT2D eigenvalue weighted by Crippen LogP contribution is -2.29. The average Bonchev–Trinajstić information content (AvgIpc) is 2.94. The zero-order valence-corrected chi connectivity index (χ0v) is 11.6. The standard InChI is InChI=1S/C14H23N5/c1-19-6-3-11(4-7-19)12-8-16-14(17-9-12)18-13-2-5-15-10-13/h8-9,11,13,15H,2-7,10H2,1H3,(H,16,17,18). The van der Waals surface area contributed by atoms with E-state index in [1.807, 2.05) is 12.4 Å². The van der Waals surface area contributed by atoms with Crippen LogP contribution in [-0.4, -0.2) is 54.1 Å². The monoisotopic (exact) mass is 261 g/mol. The molecule has 5 heteroatoms. The molecule has 0 aromatic carbocycles. The van der Waals surface area contributed by atoms with Crippen LogP contribution in [0.25, 0.3) is 0 Å². The summed E-state index contributed by atoms with van der Waals surface area (Å²) < 4.78 is 0. The second kappa shape index (κ2) is 5.84. The molecule has 2 fully saturated rings. The van der Waals surface area contributed by atoms with E-state index in [2.05, 4.69) is 32.5 Å². The highest BCUT2D eigenvalue weighted by Crippen LogP contribution is 2.26. The second-order valence-corrected chi connectivity index (χ2v) is 5.75. The van der Waals surface area contributed by atoms with Crippen LogP contribution in [0.4, 0.5) is 5.95 Å². The number of piperidine rings is 1. The minimum absolute atomic E-state index is 0.481. The Morgan fingerprint density at radius 2 is 1.95 bits per heavy atom. The summed E-state index contributed by atoms with van der Waals surface area (Å²) in [7, 11) is 2.19. The molecule has 19 heavy (non-hydrogen) atoms. The number of nitrogens with one attached hydrogen (secondary N) is 2. The minimum Gasteiger partial charge on any atom is -0.350 e. The van der Waals surface area contributed by atoms with Gasteiger partial charge >= 0.3 is 0 Å². The fourth-order valence-corrected chi connectivity index (χ4v) is 2.93. The first-order valence-corrected chi connectivity index (χ1v) is 7.29. The Bertz CT molecular complexity index is 391. The Kier molecular flexibility index (Phi) is 3.94. The third-order valence-electron chi connectivity index (χ3n) is 4.26. The van der Waals surface area contributed by atoms with E-state index in [-0.39, 0.29) is 0 Å². The normalized spacial score (nSPS) is 25.6. The molecule has 2 aliphatic rings. The van der Waals surface area contributed by atoms with Gasteiger partial charge < -0.3 is 15.5 Å². The van der Waals surface area contributed by atoms with E-state index < -0.39 is 0 Å². The van der Waals surface area contributed by atoms with E-state index in [4.69, 9.17) is 0 Å². The Morgan fingerprint density at radius 3 is 2.58 bits per heavy atom. The Balaban J connectivity index is 1.58. The minimum atomic E-state index is 0.481. The summed E-state index contributed by atoms with van der Waals surface area (Å²) in [4.78, 5) is 11.3. The van der Waals surface area contributed by atoms with Gasteiger partial charge in [0.2, 0.25) is 5.95 Å². The van der Waals surface area contributed by atoms with Crippen LogP contribution in [0.5, 0.6) is 0 Å². The number of hydrogen-bond donors (Lipinski definition) is 2. The predicted octanol–water partition coefficient (Wildman–Crippen LogP) is 1.06. The van der Waals surface area contributed by atoms with E-state index in [1.54, 1.807) is 0 Å². The van der Waals surface area contributed by atoms with Crippen molar-refractivity contribution in [1.82, 2.24) is 20.2 Å². The number of anilines is 1. The second-order valence-electron chi connectivity index (χ2n) is 5.75. The van der Waals surface area contributed by atoms with Crippen LogP contribution in [0.2, 0.25) is 0 Å². The highest BCUT2D eigenvalue weighted by Gasteiger charge is 2.19. The first-order valence-electron chi connectivity index (χ1n) is 7.29. The molecular weight excluding hydrogens is 238 g/mol. The molecule has 0 bridgehead atoms. The van der Waals surface area contributed by atoms with Crippen molar-refractivity contribution in [2.45, 2.75) is 31.2 Å². The maximum atomic E-state index is 4.47. The number of hydrogen-bond acceptors (Lipinski definition) is 5. The van der Waals surface area contributed by atoms with Crippen molar-refractivity contribution >= 4 is 5.95 Å². The van der Waals surface area contributed by atoms with Gasteiger partial charge in [-0.3, -0.25) is 0 Å². The van der Waals surface area contributed by atoms with Crippen molar-refractivity contribution in [3.63, 3.8) is 0 Å². The molecule has 1 unspecified atom stereocenters. The smallest absolute Gasteiger partial charge is 0.222 e. The van der Waals surface area contributed by atoms with E-state index in [0.29, 0.717) is 12.0 Å². The van der Waals surface area contributed by atoms with Crippen molar-refractivity contribution in [3.05, 3.63) is 18.0 Å². The molecule has 2 aliphatic heterocycles. The van der Waals surface area contributed by atoms with Crippen LogP contribution >= 0.6 is 0 Å². The predicted molar refractivity (Wildman–Crippen MR) is 76.4 cm³/mol. The SMILES string of the molecule is CN1CCC(c2cnc(NC3CCNC3)nc2)CC1. The zero-order valence-electron chi connectivity index (χ0n) is 11.6. The van der Waals surface area contributed by atoms with Gasteiger partial charge in [-0.2, -0.15) is 0 Å². The quantitative estimate of drug-likeness (QED) is 0.852. The van der Waals surface area contributed by atoms with Crippen molar-refractivity contribution in [3.8, 4) is 0 Å². The van der Waals surface area contributed by atoms with Crippen molar-refractivity contribution in [2.24, 2.45) is 0 Å². The molecule has 0 radical (unpaired) electrons. The lowest BCUT2D eigenvalue weighted by Gasteiger charge is -2.28. The summed E-state index contributed by atoms with van der Waals surface area (Å²) in [5.74, 6) is 1.41. The van der Waals surface area contributed by atoms with Gasteiger partial charge in [-0.15, -0.1) is 0 Å². The van der Waals surface area contributed by atoms with Gasteiger partial charge in [0, 0.05) is 25.0 Å². The summed E-state index contributed by atoms with van der Waals surface area (Å²) in [6.45, 7) is 4.46. The van der Waals surface area contributed by atoms with E-state index in [1.165, 1.54) is 31.5 Å². The molecule has 0 aliphatic carbocycles. The highest BCUT2D eigenvalue weighted by atomic mass is 15.1. The molecule has 0 saturated carbocycles. The van der Waals surface area contributed by atoms with Crippen LogP contribution in [0.3, 0.4) is 0 Å². The molecule has 1 atom stereocenters. The van der Waals surface area contributed by atoms with E-state index >= 15 is 0 Å². The summed E-state index contributed by atoms with van der Waals surface area (Å²) in [6.07, 6.45) is 7.61. The van der Waals surface area contributed by atoms with Crippen LogP contribution < -0.4 is 10.6 Å². The van der Waals surface area contributed by atoms with Gasteiger partial charge in [0.1, 0.15) is 0 Å². The fraction of sp³-hybridized carbons (Fsp3) is 0.714. The maximum Gasteiger partial charge on any atom is 0.222 e. The molecule has 1 aromatic heterocycles. The third kappa shape index (κ3) is 3.22. The van der Waals surface area contributed by atoms with Gasteiger partial charge in [0.15, 0.2) is 0 Å². The summed E-state index contributed by atoms with van der Waals surface area (Å²) in [5.41, 5.74) is 1.29. The molecule has 5 nitrogen and oxygen atoms in total. The van der Waals surface area contributed by atoms with Crippen LogP contribution in [0, 0.1) is 0 Å². The molecule has 1 aromatic rings. The molecule has 104 valence electrons. The third-order valence-corrected chi connectivity index (χ3v) is 4.26. The number of aromatic nitrogens is 2. The molecule has 0 amide bonds. The van der Waals surface area contributed by atoms with E-state index in [9.17, 15) is 0 Å². The Labute approximate surface area is 114 Å². The van der Waals surface area contributed by atoms with Gasteiger partial charge in [-0.1, -0.05) is 0 Å². The lowest BCUT2D eigenvalue weighted by atomic mass is 9.92. The first kappa shape index (κ1) is 12.8. The summed E-state index contributed by atoms with van der Waals surface area (Å²) in [6, 6.07) is 0.481. The van der Waals surface area contributed by atoms with Crippen molar-refractivity contribution < 1.29 is 0 Å². The van der Waals surface area contributed by atoms with Gasteiger partial charge in [0.05, 0.1) is 0 Å². The fourth-order valence-electron chi connectivity index (χ4n) is 2.93. The number of rotatable bonds is 3. The zero-order chi connectivity index (χ0) is 13.1. The van der Waals surface area contributed by atoms with Crippen molar-refractivity contribution in [2.75, 3.05) is 38.5 Å². The van der Waals surface area contributed by atoms with Gasteiger partial charge in [-0.05, 0) is 57.4 Å². The van der Waals surface area contributed by atoms with E-state index in [0.717, 1.165) is 25.5 Å². The summed E-state index contributed by atoms with van der Waals surface area (Å²) in [5, 5.41) is 6.72. The molecule has 2 saturated heterocycles.